The van der Waals surface area contributed by atoms with Crippen molar-refractivity contribution in [1.82, 2.24) is 15.2 Å². The monoisotopic (exact) mass is 277 g/mol. The van der Waals surface area contributed by atoms with E-state index >= 15 is 0 Å². The number of piperidine rings is 1. The van der Waals surface area contributed by atoms with E-state index in [1.165, 1.54) is 0 Å². The topological polar surface area (TPSA) is 46.1 Å². The summed E-state index contributed by atoms with van der Waals surface area (Å²) in [6, 6.07) is 4.58. The quantitative estimate of drug-likeness (QED) is 0.869. The molecule has 0 radical (unpaired) electrons. The molecular formula is C16H27N3O. The maximum Gasteiger partial charge on any atom is 0.268 e. The minimum atomic E-state index is 0.0571. The molecule has 4 heteroatoms. The van der Waals surface area contributed by atoms with Crippen molar-refractivity contribution in [2.75, 3.05) is 13.1 Å². The van der Waals surface area contributed by atoms with Crippen LogP contribution < -0.4 is 10.6 Å². The van der Waals surface area contributed by atoms with Gasteiger partial charge in [-0.25, -0.2) is 0 Å². The average molecular weight is 277 g/mol. The van der Waals surface area contributed by atoms with Crippen LogP contribution in [0, 0.1) is 5.92 Å². The molecule has 1 unspecified atom stereocenters. The predicted molar refractivity (Wildman–Crippen MR) is 82.0 cm³/mol. The Hall–Kier alpha value is -1.29. The zero-order chi connectivity index (χ0) is 14.5. The highest BCUT2D eigenvalue weighted by Crippen LogP contribution is 2.21. The summed E-state index contributed by atoms with van der Waals surface area (Å²) in [5.74, 6) is 0.656. The largest absolute Gasteiger partial charge is 0.348 e. The van der Waals surface area contributed by atoms with E-state index in [9.17, 15) is 4.79 Å². The Morgan fingerprint density at radius 3 is 2.75 bits per heavy atom. The lowest BCUT2D eigenvalue weighted by Gasteiger charge is -2.26. The summed E-state index contributed by atoms with van der Waals surface area (Å²) in [5, 5.41) is 6.48. The van der Waals surface area contributed by atoms with Gasteiger partial charge in [0.05, 0.1) is 0 Å². The van der Waals surface area contributed by atoms with Crippen LogP contribution in [-0.4, -0.2) is 29.6 Å². The van der Waals surface area contributed by atoms with Crippen LogP contribution in [0.25, 0.3) is 0 Å². The maximum atomic E-state index is 12.4. The van der Waals surface area contributed by atoms with Gasteiger partial charge in [0.1, 0.15) is 5.69 Å². The van der Waals surface area contributed by atoms with Gasteiger partial charge in [-0.15, -0.1) is 0 Å². The van der Waals surface area contributed by atoms with Gasteiger partial charge < -0.3 is 15.2 Å². The molecule has 0 aliphatic carbocycles. The number of nitrogens with one attached hydrogen (secondary N) is 2. The number of carbonyl (C=O) groups excluding carboxylic acids is 1. The number of nitrogens with zero attached hydrogens (tertiary/aromatic N) is 1. The van der Waals surface area contributed by atoms with Gasteiger partial charge in [-0.1, -0.05) is 13.8 Å². The van der Waals surface area contributed by atoms with Crippen LogP contribution in [0.3, 0.4) is 0 Å². The van der Waals surface area contributed by atoms with E-state index in [1.807, 2.05) is 18.3 Å². The van der Waals surface area contributed by atoms with Crippen LogP contribution in [0.5, 0.6) is 0 Å². The smallest absolute Gasteiger partial charge is 0.268 e. The predicted octanol–water partition coefficient (Wildman–Crippen LogP) is 2.58. The highest BCUT2D eigenvalue weighted by molar-refractivity contribution is 5.93. The van der Waals surface area contributed by atoms with Gasteiger partial charge in [0.2, 0.25) is 0 Å². The van der Waals surface area contributed by atoms with Crippen molar-refractivity contribution in [1.29, 1.82) is 0 Å². The van der Waals surface area contributed by atoms with Crippen molar-refractivity contribution >= 4 is 5.91 Å². The molecular weight excluding hydrogens is 250 g/mol. The van der Waals surface area contributed by atoms with Crippen molar-refractivity contribution in [2.45, 2.75) is 52.1 Å². The third-order valence-corrected chi connectivity index (χ3v) is 3.92. The van der Waals surface area contributed by atoms with Crippen molar-refractivity contribution in [3.63, 3.8) is 0 Å². The van der Waals surface area contributed by atoms with Crippen LogP contribution in [-0.2, 0) is 0 Å². The third kappa shape index (κ3) is 3.85. The Balaban J connectivity index is 2.01. The number of rotatable bonds is 5. The molecule has 1 aliphatic rings. The van der Waals surface area contributed by atoms with E-state index in [2.05, 4.69) is 36.0 Å². The minimum absolute atomic E-state index is 0.0571. The molecule has 1 fully saturated rings. The number of carbonyl (C=O) groups is 1. The Labute approximate surface area is 121 Å². The summed E-state index contributed by atoms with van der Waals surface area (Å²) in [5.41, 5.74) is 0.799. The molecule has 4 nitrogen and oxygen atoms in total. The zero-order valence-corrected chi connectivity index (χ0v) is 12.9. The lowest BCUT2D eigenvalue weighted by Crippen LogP contribution is -2.36. The second-order valence-electron chi connectivity index (χ2n) is 6.29. The van der Waals surface area contributed by atoms with Crippen molar-refractivity contribution < 1.29 is 4.79 Å². The summed E-state index contributed by atoms with van der Waals surface area (Å²) >= 11 is 0. The molecule has 20 heavy (non-hydrogen) atoms. The standard InChI is InChI=1S/C16H27N3O/c1-12(2)11-13(3)18-16(20)15-5-4-10-19(15)14-6-8-17-9-7-14/h4-5,10,12-14,17H,6-9,11H2,1-3H3,(H,18,20). The highest BCUT2D eigenvalue weighted by atomic mass is 16.2. The fourth-order valence-corrected chi connectivity index (χ4v) is 3.05. The second-order valence-corrected chi connectivity index (χ2v) is 6.29. The minimum Gasteiger partial charge on any atom is -0.348 e. The number of hydrogen-bond donors (Lipinski definition) is 2. The Kier molecular flexibility index (Phi) is 5.24. The summed E-state index contributed by atoms with van der Waals surface area (Å²) in [7, 11) is 0. The molecule has 1 aromatic rings. The molecule has 2 rings (SSSR count). The molecule has 1 atom stereocenters. The van der Waals surface area contributed by atoms with Gasteiger partial charge in [0.15, 0.2) is 0 Å². The first-order chi connectivity index (χ1) is 9.58. The first kappa shape index (κ1) is 15.1. The van der Waals surface area contributed by atoms with Gasteiger partial charge in [0.25, 0.3) is 5.91 Å². The second kappa shape index (κ2) is 6.93. The van der Waals surface area contributed by atoms with E-state index in [1.54, 1.807) is 0 Å². The molecule has 1 aliphatic heterocycles. The van der Waals surface area contributed by atoms with E-state index in [0.717, 1.165) is 38.0 Å². The highest BCUT2D eigenvalue weighted by Gasteiger charge is 2.20. The van der Waals surface area contributed by atoms with Crippen LogP contribution in [0.2, 0.25) is 0 Å². The normalized spacial score (nSPS) is 18.2. The van der Waals surface area contributed by atoms with E-state index < -0.39 is 0 Å². The van der Waals surface area contributed by atoms with Crippen molar-refractivity contribution in [3.05, 3.63) is 24.0 Å². The Morgan fingerprint density at radius 2 is 2.10 bits per heavy atom. The molecule has 112 valence electrons. The Bertz CT molecular complexity index is 433. The molecule has 2 N–H and O–H groups in total. The van der Waals surface area contributed by atoms with Crippen LogP contribution in [0.15, 0.2) is 18.3 Å². The fraction of sp³-hybridized carbons (Fsp3) is 0.688. The average Bonchev–Trinajstić information content (AvgIpc) is 2.87. The Morgan fingerprint density at radius 1 is 1.40 bits per heavy atom. The van der Waals surface area contributed by atoms with E-state index in [0.29, 0.717) is 12.0 Å². The molecule has 0 saturated carbocycles. The van der Waals surface area contributed by atoms with Gasteiger partial charge >= 0.3 is 0 Å². The SMILES string of the molecule is CC(C)CC(C)NC(=O)c1cccn1C1CCNCC1. The molecule has 0 bridgehead atoms. The number of amides is 1. The summed E-state index contributed by atoms with van der Waals surface area (Å²) in [6.07, 6.45) is 5.24. The van der Waals surface area contributed by atoms with Crippen LogP contribution in [0.1, 0.15) is 56.6 Å². The summed E-state index contributed by atoms with van der Waals surface area (Å²) in [4.78, 5) is 12.4. The number of aromatic nitrogens is 1. The molecule has 0 aromatic carbocycles. The third-order valence-electron chi connectivity index (χ3n) is 3.92. The molecule has 1 aromatic heterocycles. The van der Waals surface area contributed by atoms with Crippen LogP contribution >= 0.6 is 0 Å². The van der Waals surface area contributed by atoms with Gasteiger partial charge in [-0.05, 0) is 57.3 Å². The van der Waals surface area contributed by atoms with Gasteiger partial charge in [0, 0.05) is 18.3 Å². The van der Waals surface area contributed by atoms with Crippen molar-refractivity contribution in [2.24, 2.45) is 5.92 Å². The van der Waals surface area contributed by atoms with Gasteiger partial charge in [-0.2, -0.15) is 0 Å². The summed E-state index contributed by atoms with van der Waals surface area (Å²) < 4.78 is 2.15. The fourth-order valence-electron chi connectivity index (χ4n) is 3.05. The van der Waals surface area contributed by atoms with Crippen LogP contribution in [0.4, 0.5) is 0 Å². The van der Waals surface area contributed by atoms with E-state index in [-0.39, 0.29) is 11.9 Å². The first-order valence-corrected chi connectivity index (χ1v) is 7.76. The summed E-state index contributed by atoms with van der Waals surface area (Å²) in [6.45, 7) is 8.51. The molecule has 1 amide bonds. The van der Waals surface area contributed by atoms with E-state index in [4.69, 9.17) is 0 Å². The van der Waals surface area contributed by atoms with Crippen molar-refractivity contribution in [3.8, 4) is 0 Å². The first-order valence-electron chi connectivity index (χ1n) is 7.76. The molecule has 1 saturated heterocycles. The number of hydrogen-bond acceptors (Lipinski definition) is 2. The zero-order valence-electron chi connectivity index (χ0n) is 12.9. The van der Waals surface area contributed by atoms with Gasteiger partial charge in [-0.3, -0.25) is 4.79 Å². The lowest BCUT2D eigenvalue weighted by molar-refractivity contribution is 0.0923. The maximum absolute atomic E-state index is 12.4. The molecule has 2 heterocycles. The molecule has 0 spiro atoms. The lowest BCUT2D eigenvalue weighted by atomic mass is 10.0.